The molecule has 2 rings (SSSR count). The Morgan fingerprint density at radius 1 is 1.19 bits per heavy atom. The zero-order chi connectivity index (χ0) is 20.1. The molecule has 0 amide bonds. The van der Waals surface area contributed by atoms with Crippen molar-refractivity contribution in [2.75, 3.05) is 20.6 Å². The number of hydrogen-bond acceptors (Lipinski definition) is 4. The fraction of sp³-hybridized carbons (Fsp3) is 0.842. The maximum Gasteiger partial charge on any atom is 0.279 e. The standard InChI is InChI=1S/C19H36N4O2S/c1-10-15-20-17(19(5,6)7)16(18(2,3)4)14-11-13(12-23(14)15)21-26(24,25)22(8)9/h13,17,21H,10-12H2,1-9H3. The summed E-state index contributed by atoms with van der Waals surface area (Å²) < 4.78 is 28.7. The molecule has 26 heavy (non-hydrogen) atoms. The Bertz CT molecular complexity index is 709. The van der Waals surface area contributed by atoms with Crippen molar-refractivity contribution in [1.82, 2.24) is 13.9 Å². The summed E-state index contributed by atoms with van der Waals surface area (Å²) in [6.07, 6.45) is 1.56. The zero-order valence-corrected chi connectivity index (χ0v) is 18.7. The van der Waals surface area contributed by atoms with Crippen molar-refractivity contribution in [1.29, 1.82) is 0 Å². The van der Waals surface area contributed by atoms with Gasteiger partial charge in [0.1, 0.15) is 5.84 Å². The monoisotopic (exact) mass is 384 g/mol. The average Bonchev–Trinajstić information content (AvgIpc) is 2.85. The van der Waals surface area contributed by atoms with Gasteiger partial charge in [-0.1, -0.05) is 48.5 Å². The van der Waals surface area contributed by atoms with E-state index in [0.717, 1.165) is 12.3 Å². The summed E-state index contributed by atoms with van der Waals surface area (Å²) >= 11 is 0. The second kappa shape index (κ2) is 6.91. The maximum absolute atomic E-state index is 12.3. The molecule has 2 heterocycles. The molecule has 0 spiro atoms. The predicted molar refractivity (Wildman–Crippen MR) is 108 cm³/mol. The largest absolute Gasteiger partial charge is 0.332 e. The van der Waals surface area contributed by atoms with Gasteiger partial charge in [0.15, 0.2) is 0 Å². The van der Waals surface area contributed by atoms with Crippen LogP contribution in [0.1, 0.15) is 61.3 Å². The quantitative estimate of drug-likeness (QED) is 0.810. The van der Waals surface area contributed by atoms with E-state index in [4.69, 9.17) is 4.99 Å². The summed E-state index contributed by atoms with van der Waals surface area (Å²) in [6, 6.07) is -0.0156. The van der Waals surface area contributed by atoms with E-state index in [1.807, 2.05) is 0 Å². The van der Waals surface area contributed by atoms with E-state index in [1.165, 1.54) is 15.6 Å². The first kappa shape index (κ1) is 21.4. The lowest BCUT2D eigenvalue weighted by molar-refractivity contribution is 0.292. The molecule has 2 unspecified atom stereocenters. The van der Waals surface area contributed by atoms with Crippen LogP contribution in [0.15, 0.2) is 16.3 Å². The van der Waals surface area contributed by atoms with Gasteiger partial charge in [0, 0.05) is 45.2 Å². The van der Waals surface area contributed by atoms with E-state index in [0.29, 0.717) is 13.0 Å². The highest BCUT2D eigenvalue weighted by molar-refractivity contribution is 7.87. The van der Waals surface area contributed by atoms with Crippen molar-refractivity contribution in [3.63, 3.8) is 0 Å². The normalized spacial score (nSPS) is 25.0. The summed E-state index contributed by atoms with van der Waals surface area (Å²) in [5.41, 5.74) is 2.59. The first-order valence-corrected chi connectivity index (χ1v) is 10.9. The van der Waals surface area contributed by atoms with Gasteiger partial charge in [-0.25, -0.2) is 0 Å². The topological polar surface area (TPSA) is 65.0 Å². The first-order chi connectivity index (χ1) is 11.7. The molecule has 0 aliphatic carbocycles. The third kappa shape index (κ3) is 4.15. The van der Waals surface area contributed by atoms with Crippen LogP contribution in [0.5, 0.6) is 0 Å². The number of hydrogen-bond donors (Lipinski definition) is 1. The van der Waals surface area contributed by atoms with Crippen molar-refractivity contribution in [2.45, 2.75) is 73.4 Å². The van der Waals surface area contributed by atoms with Crippen LogP contribution in [0.4, 0.5) is 0 Å². The summed E-state index contributed by atoms with van der Waals surface area (Å²) in [5.74, 6) is 1.07. The fourth-order valence-corrected chi connectivity index (χ4v) is 4.63. The summed E-state index contributed by atoms with van der Waals surface area (Å²) in [6.45, 7) is 16.2. The molecule has 1 fully saturated rings. The summed E-state index contributed by atoms with van der Waals surface area (Å²) in [4.78, 5) is 7.38. The van der Waals surface area contributed by atoms with Gasteiger partial charge < -0.3 is 4.90 Å². The van der Waals surface area contributed by atoms with Crippen LogP contribution < -0.4 is 4.72 Å². The predicted octanol–water partition coefficient (Wildman–Crippen LogP) is 2.99. The maximum atomic E-state index is 12.3. The molecule has 0 radical (unpaired) electrons. The number of fused-ring (bicyclic) bond motifs is 1. The van der Waals surface area contributed by atoms with Gasteiger partial charge in [0.25, 0.3) is 10.2 Å². The Labute approximate surface area is 159 Å². The van der Waals surface area contributed by atoms with Crippen LogP contribution in [0.25, 0.3) is 0 Å². The Hall–Kier alpha value is -0.920. The van der Waals surface area contributed by atoms with Gasteiger partial charge in [-0.2, -0.15) is 17.4 Å². The molecule has 2 aliphatic rings. The van der Waals surface area contributed by atoms with Gasteiger partial charge in [-0.15, -0.1) is 0 Å². The van der Waals surface area contributed by atoms with Crippen LogP contribution >= 0.6 is 0 Å². The Morgan fingerprint density at radius 2 is 1.77 bits per heavy atom. The third-order valence-corrected chi connectivity index (χ3v) is 6.68. The van der Waals surface area contributed by atoms with Gasteiger partial charge in [-0.05, 0) is 16.4 Å². The molecule has 2 aliphatic heterocycles. The van der Waals surface area contributed by atoms with Crippen LogP contribution in [0.2, 0.25) is 0 Å². The fourth-order valence-electron chi connectivity index (χ4n) is 3.84. The molecule has 1 N–H and O–H groups in total. The summed E-state index contributed by atoms with van der Waals surface area (Å²) in [5, 5.41) is 0. The lowest BCUT2D eigenvalue weighted by Crippen LogP contribution is -2.45. The molecule has 6 nitrogen and oxygen atoms in total. The smallest absolute Gasteiger partial charge is 0.279 e. The molecule has 0 saturated carbocycles. The average molecular weight is 385 g/mol. The van der Waals surface area contributed by atoms with Gasteiger partial charge >= 0.3 is 0 Å². The van der Waals surface area contributed by atoms with Crippen LogP contribution in [-0.4, -0.2) is 56.2 Å². The minimum absolute atomic E-state index is 0.0172. The molecule has 1 saturated heterocycles. The number of nitrogens with one attached hydrogen (secondary N) is 1. The van der Waals surface area contributed by atoms with Crippen molar-refractivity contribution in [2.24, 2.45) is 15.8 Å². The minimum Gasteiger partial charge on any atom is -0.332 e. The minimum atomic E-state index is -3.45. The number of amidine groups is 1. The van der Waals surface area contributed by atoms with E-state index in [-0.39, 0.29) is 22.9 Å². The highest BCUT2D eigenvalue weighted by Gasteiger charge is 2.44. The molecule has 0 bridgehead atoms. The molecule has 0 aromatic carbocycles. The van der Waals surface area contributed by atoms with E-state index in [2.05, 4.69) is 58.1 Å². The first-order valence-electron chi connectivity index (χ1n) is 9.46. The Balaban J connectivity index is 2.50. The molecule has 0 aromatic heterocycles. The second-order valence-electron chi connectivity index (χ2n) is 9.69. The SMILES string of the molecule is CCC1=NC(C(C)(C)C)C(C(C)(C)C)=C2CC(NS(=O)(=O)N(C)C)CN12. The van der Waals surface area contributed by atoms with Gasteiger partial charge in [0.2, 0.25) is 0 Å². The molecule has 0 aromatic rings. The summed E-state index contributed by atoms with van der Waals surface area (Å²) in [7, 11) is -0.340. The zero-order valence-electron chi connectivity index (χ0n) is 17.8. The molecule has 150 valence electrons. The molecule has 7 heteroatoms. The third-order valence-electron chi connectivity index (χ3n) is 5.08. The van der Waals surface area contributed by atoms with E-state index >= 15 is 0 Å². The van der Waals surface area contributed by atoms with E-state index < -0.39 is 10.2 Å². The van der Waals surface area contributed by atoms with Crippen molar-refractivity contribution in [3.05, 3.63) is 11.3 Å². The molecule has 2 atom stereocenters. The van der Waals surface area contributed by atoms with Crippen molar-refractivity contribution >= 4 is 16.0 Å². The Kier molecular flexibility index (Phi) is 5.68. The Morgan fingerprint density at radius 3 is 2.19 bits per heavy atom. The molecular weight excluding hydrogens is 348 g/mol. The van der Waals surface area contributed by atoms with Gasteiger partial charge in [0.05, 0.1) is 6.04 Å². The highest BCUT2D eigenvalue weighted by atomic mass is 32.2. The second-order valence-corrected chi connectivity index (χ2v) is 11.6. The van der Waals surface area contributed by atoms with Crippen LogP contribution in [0.3, 0.4) is 0 Å². The van der Waals surface area contributed by atoms with E-state index in [9.17, 15) is 8.42 Å². The van der Waals surface area contributed by atoms with E-state index in [1.54, 1.807) is 14.1 Å². The number of aliphatic imine (C=N–C) groups is 1. The van der Waals surface area contributed by atoms with Crippen molar-refractivity contribution < 1.29 is 8.42 Å². The number of rotatable bonds is 4. The lowest BCUT2D eigenvalue weighted by atomic mass is 9.71. The lowest BCUT2D eigenvalue weighted by Gasteiger charge is -2.43. The van der Waals surface area contributed by atoms with Gasteiger partial charge in [-0.3, -0.25) is 4.99 Å². The van der Waals surface area contributed by atoms with Crippen molar-refractivity contribution in [3.8, 4) is 0 Å². The van der Waals surface area contributed by atoms with Crippen LogP contribution in [0, 0.1) is 10.8 Å². The highest BCUT2D eigenvalue weighted by Crippen LogP contribution is 2.46. The van der Waals surface area contributed by atoms with Crippen LogP contribution in [-0.2, 0) is 10.2 Å². The number of nitrogens with zero attached hydrogens (tertiary/aromatic N) is 3. The molecular formula is C19H36N4O2S.